The van der Waals surface area contributed by atoms with Gasteiger partial charge in [0.25, 0.3) is 5.56 Å². The topological polar surface area (TPSA) is 77.2 Å². The van der Waals surface area contributed by atoms with Crippen molar-refractivity contribution in [1.29, 1.82) is 0 Å². The number of ether oxygens (including phenoxy) is 1. The van der Waals surface area contributed by atoms with Crippen LogP contribution in [0, 0.1) is 5.82 Å². The fourth-order valence-corrected chi connectivity index (χ4v) is 2.13. The first kappa shape index (κ1) is 15.1. The highest BCUT2D eigenvalue weighted by Gasteiger charge is 2.10. The Labute approximate surface area is 130 Å². The number of benzene rings is 1. The van der Waals surface area contributed by atoms with Gasteiger partial charge in [-0.2, -0.15) is 0 Å². The highest BCUT2D eigenvalue weighted by Crippen LogP contribution is 2.11. The van der Waals surface area contributed by atoms with Crippen molar-refractivity contribution in [2.75, 3.05) is 6.61 Å². The molecular weight excluding hydrogens is 301 g/mol. The van der Waals surface area contributed by atoms with E-state index < -0.39 is 6.10 Å². The fourth-order valence-electron chi connectivity index (χ4n) is 2.13. The quantitative estimate of drug-likeness (QED) is 0.769. The molecule has 0 bridgehead atoms. The zero-order chi connectivity index (χ0) is 16.2. The molecule has 1 aromatic carbocycles. The predicted molar refractivity (Wildman–Crippen MR) is 81.7 cm³/mol. The van der Waals surface area contributed by atoms with Gasteiger partial charge < -0.3 is 9.84 Å². The summed E-state index contributed by atoms with van der Waals surface area (Å²) in [5, 5.41) is 10.4. The lowest BCUT2D eigenvalue weighted by Gasteiger charge is -2.14. The number of aromatic nitrogens is 3. The fraction of sp³-hybridized carbons (Fsp3) is 0.188. The van der Waals surface area contributed by atoms with Crippen LogP contribution in [0.15, 0.2) is 53.7 Å². The molecular formula is C16H14FN3O3. The molecule has 0 unspecified atom stereocenters. The number of nitrogens with zero attached hydrogens (tertiary/aromatic N) is 3. The molecule has 23 heavy (non-hydrogen) atoms. The van der Waals surface area contributed by atoms with Crippen molar-refractivity contribution >= 4 is 11.0 Å². The van der Waals surface area contributed by atoms with Crippen LogP contribution in [0.25, 0.3) is 11.0 Å². The standard InChI is InChI=1S/C16H14FN3O3/c17-11-3-5-13(6-4-11)23-9-12(21)8-20-10-19-15-14(16(20)22)2-1-7-18-15/h1-7,10,12,21H,8-9H2/t12-/m1/s1. The highest BCUT2D eigenvalue weighted by atomic mass is 19.1. The zero-order valence-corrected chi connectivity index (χ0v) is 12.1. The van der Waals surface area contributed by atoms with E-state index in [-0.39, 0.29) is 24.5 Å². The van der Waals surface area contributed by atoms with E-state index in [9.17, 15) is 14.3 Å². The number of aliphatic hydroxyl groups excluding tert-OH is 1. The molecule has 0 spiro atoms. The summed E-state index contributed by atoms with van der Waals surface area (Å²) in [7, 11) is 0. The van der Waals surface area contributed by atoms with E-state index in [1.807, 2.05) is 0 Å². The lowest BCUT2D eigenvalue weighted by atomic mass is 10.3. The first-order valence-corrected chi connectivity index (χ1v) is 7.00. The molecule has 0 fully saturated rings. The Morgan fingerprint density at radius 3 is 2.78 bits per heavy atom. The highest BCUT2D eigenvalue weighted by molar-refractivity contribution is 5.72. The van der Waals surface area contributed by atoms with Gasteiger partial charge in [-0.05, 0) is 36.4 Å². The molecule has 0 saturated carbocycles. The Bertz CT molecular complexity index is 864. The lowest BCUT2D eigenvalue weighted by molar-refractivity contribution is 0.0914. The molecule has 7 heteroatoms. The Morgan fingerprint density at radius 2 is 2.00 bits per heavy atom. The van der Waals surface area contributed by atoms with Crippen LogP contribution in [0.2, 0.25) is 0 Å². The van der Waals surface area contributed by atoms with E-state index in [0.717, 1.165) is 0 Å². The molecule has 0 saturated heterocycles. The molecule has 0 aliphatic heterocycles. The summed E-state index contributed by atoms with van der Waals surface area (Å²) < 4.78 is 19.5. The Balaban J connectivity index is 1.68. The third-order valence-electron chi connectivity index (χ3n) is 3.26. The van der Waals surface area contributed by atoms with E-state index >= 15 is 0 Å². The van der Waals surface area contributed by atoms with Gasteiger partial charge in [-0.1, -0.05) is 0 Å². The second-order valence-corrected chi connectivity index (χ2v) is 5.00. The molecule has 0 aliphatic rings. The molecule has 0 amide bonds. The molecule has 0 aliphatic carbocycles. The molecule has 6 nitrogen and oxygen atoms in total. The Kier molecular flexibility index (Phi) is 4.29. The molecule has 3 aromatic rings. The van der Waals surface area contributed by atoms with Crippen molar-refractivity contribution in [3.8, 4) is 5.75 Å². The first-order valence-electron chi connectivity index (χ1n) is 7.00. The van der Waals surface area contributed by atoms with E-state index in [1.165, 1.54) is 35.2 Å². The van der Waals surface area contributed by atoms with Crippen molar-refractivity contribution in [3.63, 3.8) is 0 Å². The largest absolute Gasteiger partial charge is 0.491 e. The number of hydrogen-bond donors (Lipinski definition) is 1. The monoisotopic (exact) mass is 315 g/mol. The van der Waals surface area contributed by atoms with Gasteiger partial charge in [-0.15, -0.1) is 0 Å². The molecule has 2 heterocycles. The van der Waals surface area contributed by atoms with Crippen molar-refractivity contribution in [2.45, 2.75) is 12.6 Å². The van der Waals surface area contributed by atoms with Crippen molar-refractivity contribution in [3.05, 3.63) is 65.1 Å². The number of pyridine rings is 1. The van der Waals surface area contributed by atoms with Crippen LogP contribution in [0.4, 0.5) is 4.39 Å². The summed E-state index contributed by atoms with van der Waals surface area (Å²) in [6, 6.07) is 8.77. The molecule has 1 N–H and O–H groups in total. The van der Waals surface area contributed by atoms with Crippen LogP contribution < -0.4 is 10.3 Å². The maximum absolute atomic E-state index is 12.8. The molecule has 0 radical (unpaired) electrons. The van der Waals surface area contributed by atoms with Gasteiger partial charge >= 0.3 is 0 Å². The smallest absolute Gasteiger partial charge is 0.262 e. The van der Waals surface area contributed by atoms with Gasteiger partial charge in [-0.25, -0.2) is 14.4 Å². The van der Waals surface area contributed by atoms with Crippen LogP contribution in [-0.4, -0.2) is 32.4 Å². The van der Waals surface area contributed by atoms with Crippen LogP contribution in [-0.2, 0) is 6.54 Å². The third-order valence-corrected chi connectivity index (χ3v) is 3.26. The average molecular weight is 315 g/mol. The summed E-state index contributed by atoms with van der Waals surface area (Å²) in [5.74, 6) is 0.0823. The number of aliphatic hydroxyl groups is 1. The van der Waals surface area contributed by atoms with Gasteiger partial charge in [0.2, 0.25) is 0 Å². The SMILES string of the molecule is O=c1c2cccnc2ncn1C[C@@H](O)COc1ccc(F)cc1. The van der Waals surface area contributed by atoms with Crippen molar-refractivity contribution < 1.29 is 14.2 Å². The number of halogens is 1. The average Bonchev–Trinajstić information content (AvgIpc) is 2.57. The summed E-state index contributed by atoms with van der Waals surface area (Å²) in [5.41, 5.74) is 0.0923. The maximum Gasteiger partial charge on any atom is 0.262 e. The lowest BCUT2D eigenvalue weighted by Crippen LogP contribution is -2.30. The van der Waals surface area contributed by atoms with Gasteiger partial charge in [0, 0.05) is 6.20 Å². The number of hydrogen-bond acceptors (Lipinski definition) is 5. The normalized spacial score (nSPS) is 12.3. The maximum atomic E-state index is 12.8. The number of fused-ring (bicyclic) bond motifs is 1. The molecule has 1 atom stereocenters. The van der Waals surface area contributed by atoms with Gasteiger partial charge in [0.15, 0.2) is 5.65 Å². The van der Waals surface area contributed by atoms with E-state index in [4.69, 9.17) is 4.74 Å². The predicted octanol–water partition coefficient (Wildman–Crippen LogP) is 1.37. The summed E-state index contributed by atoms with van der Waals surface area (Å²) in [6.07, 6.45) is 2.00. The van der Waals surface area contributed by atoms with Crippen LogP contribution in [0.1, 0.15) is 0 Å². The molecule has 2 aromatic heterocycles. The Morgan fingerprint density at radius 1 is 1.22 bits per heavy atom. The van der Waals surface area contributed by atoms with Gasteiger partial charge in [-0.3, -0.25) is 9.36 Å². The summed E-state index contributed by atoms with van der Waals surface area (Å²) in [6.45, 7) is 0.0149. The van der Waals surface area contributed by atoms with Crippen LogP contribution in [0.3, 0.4) is 0 Å². The number of rotatable bonds is 5. The summed E-state index contributed by atoms with van der Waals surface area (Å²) in [4.78, 5) is 20.3. The minimum absolute atomic E-state index is 0.0247. The van der Waals surface area contributed by atoms with E-state index in [1.54, 1.807) is 18.3 Å². The second kappa shape index (κ2) is 6.53. The van der Waals surface area contributed by atoms with E-state index in [2.05, 4.69) is 9.97 Å². The third kappa shape index (κ3) is 3.51. The van der Waals surface area contributed by atoms with E-state index in [0.29, 0.717) is 16.8 Å². The molecule has 118 valence electrons. The minimum atomic E-state index is -0.909. The van der Waals surface area contributed by atoms with Crippen molar-refractivity contribution in [2.24, 2.45) is 0 Å². The zero-order valence-electron chi connectivity index (χ0n) is 12.1. The van der Waals surface area contributed by atoms with Crippen LogP contribution in [0.5, 0.6) is 5.75 Å². The van der Waals surface area contributed by atoms with Gasteiger partial charge in [0.05, 0.1) is 11.9 Å². The molecule has 3 rings (SSSR count). The van der Waals surface area contributed by atoms with Crippen molar-refractivity contribution in [1.82, 2.24) is 14.5 Å². The van der Waals surface area contributed by atoms with Crippen LogP contribution >= 0.6 is 0 Å². The summed E-state index contributed by atoms with van der Waals surface area (Å²) >= 11 is 0. The van der Waals surface area contributed by atoms with Gasteiger partial charge in [0.1, 0.15) is 30.6 Å². The second-order valence-electron chi connectivity index (χ2n) is 5.00. The first-order chi connectivity index (χ1) is 11.1. The Hall–Kier alpha value is -2.80. The minimum Gasteiger partial charge on any atom is -0.491 e.